The van der Waals surface area contributed by atoms with Gasteiger partial charge in [0.05, 0.1) is 17.4 Å². The number of nitrogens with one attached hydrogen (secondary N) is 1. The number of aromatic amines is 1. The molecule has 3 rings (SSSR count). The van der Waals surface area contributed by atoms with Gasteiger partial charge in [-0.05, 0) is 36.8 Å². The fourth-order valence-electron chi connectivity index (χ4n) is 2.41. The summed E-state index contributed by atoms with van der Waals surface area (Å²) in [4.78, 5) is 21.7. The summed E-state index contributed by atoms with van der Waals surface area (Å²) in [7, 11) is 0. The number of fused-ring (bicyclic) bond motifs is 1. The second-order valence-corrected chi connectivity index (χ2v) is 5.00. The van der Waals surface area contributed by atoms with E-state index >= 15 is 0 Å². The Labute approximate surface area is 128 Å². The fourth-order valence-corrected chi connectivity index (χ4v) is 2.41. The third-order valence-electron chi connectivity index (χ3n) is 3.52. The predicted molar refractivity (Wildman–Crippen MR) is 85.9 cm³/mol. The van der Waals surface area contributed by atoms with E-state index in [2.05, 4.69) is 9.97 Å². The summed E-state index contributed by atoms with van der Waals surface area (Å²) < 4.78 is 0. The number of aliphatic hydroxyl groups excluding tert-OH is 1. The van der Waals surface area contributed by atoms with Gasteiger partial charge in [-0.3, -0.25) is 4.79 Å². The van der Waals surface area contributed by atoms with Crippen molar-refractivity contribution in [2.75, 3.05) is 18.1 Å². The number of aromatic nitrogens is 2. The smallest absolute Gasteiger partial charge is 0.258 e. The normalized spacial score (nSPS) is 10.8. The van der Waals surface area contributed by atoms with Crippen molar-refractivity contribution in [3.8, 4) is 0 Å². The number of amides is 1. The van der Waals surface area contributed by atoms with Crippen molar-refractivity contribution in [3.05, 3.63) is 60.4 Å². The number of nitrogens with zero attached hydrogens (tertiary/aromatic N) is 2. The number of H-pyrrole nitrogens is 1. The van der Waals surface area contributed by atoms with Gasteiger partial charge in [0, 0.05) is 24.4 Å². The van der Waals surface area contributed by atoms with Crippen LogP contribution in [0.3, 0.4) is 0 Å². The summed E-state index contributed by atoms with van der Waals surface area (Å²) in [6.07, 6.45) is 2.15. The molecule has 0 fully saturated rings. The number of rotatable bonds is 5. The Morgan fingerprint density at radius 1 is 1.18 bits per heavy atom. The molecule has 5 heteroatoms. The zero-order valence-corrected chi connectivity index (χ0v) is 12.1. The molecule has 2 N–H and O–H groups in total. The first-order valence-corrected chi connectivity index (χ1v) is 7.20. The monoisotopic (exact) mass is 295 g/mol. The minimum absolute atomic E-state index is 0.0518. The number of benzene rings is 2. The number of para-hydroxylation sites is 1. The SMILES string of the molecule is O=C(c1ccc2nc[nH]c2c1)N(CCCO)c1ccccc1. The summed E-state index contributed by atoms with van der Waals surface area (Å²) in [5.41, 5.74) is 3.09. The molecular formula is C17H17N3O2. The number of carbonyl (C=O) groups is 1. The van der Waals surface area contributed by atoms with E-state index in [1.165, 1.54) is 0 Å². The minimum atomic E-state index is -0.0869. The molecule has 112 valence electrons. The summed E-state index contributed by atoms with van der Waals surface area (Å²) in [5, 5.41) is 9.08. The molecule has 22 heavy (non-hydrogen) atoms. The van der Waals surface area contributed by atoms with Gasteiger partial charge < -0.3 is 15.0 Å². The van der Waals surface area contributed by atoms with Crippen LogP contribution < -0.4 is 4.90 Å². The zero-order chi connectivity index (χ0) is 15.4. The molecule has 1 aromatic heterocycles. The number of imidazole rings is 1. The molecule has 5 nitrogen and oxygen atoms in total. The lowest BCUT2D eigenvalue weighted by Gasteiger charge is -2.22. The summed E-state index contributed by atoms with van der Waals surface area (Å²) in [5.74, 6) is -0.0869. The third-order valence-corrected chi connectivity index (χ3v) is 3.52. The highest BCUT2D eigenvalue weighted by Crippen LogP contribution is 2.19. The van der Waals surface area contributed by atoms with Crippen molar-refractivity contribution in [1.29, 1.82) is 0 Å². The number of hydrogen-bond acceptors (Lipinski definition) is 3. The van der Waals surface area contributed by atoms with Crippen LogP contribution in [-0.4, -0.2) is 34.1 Å². The van der Waals surface area contributed by atoms with Crippen LogP contribution in [0.2, 0.25) is 0 Å². The Kier molecular flexibility index (Phi) is 4.16. The van der Waals surface area contributed by atoms with Crippen molar-refractivity contribution in [2.24, 2.45) is 0 Å². The zero-order valence-electron chi connectivity index (χ0n) is 12.1. The van der Waals surface area contributed by atoms with Crippen LogP contribution in [-0.2, 0) is 0 Å². The van der Waals surface area contributed by atoms with Gasteiger partial charge >= 0.3 is 0 Å². The number of anilines is 1. The maximum absolute atomic E-state index is 12.8. The van der Waals surface area contributed by atoms with E-state index in [4.69, 9.17) is 5.11 Å². The van der Waals surface area contributed by atoms with Gasteiger partial charge in [0.25, 0.3) is 5.91 Å². The molecule has 2 aromatic carbocycles. The minimum Gasteiger partial charge on any atom is -0.396 e. The van der Waals surface area contributed by atoms with E-state index in [1.54, 1.807) is 23.4 Å². The van der Waals surface area contributed by atoms with Crippen molar-refractivity contribution >= 4 is 22.6 Å². The molecule has 0 aliphatic heterocycles. The molecule has 0 atom stereocenters. The summed E-state index contributed by atoms with van der Waals surface area (Å²) in [6.45, 7) is 0.524. The largest absolute Gasteiger partial charge is 0.396 e. The van der Waals surface area contributed by atoms with Gasteiger partial charge in [0.1, 0.15) is 0 Å². The lowest BCUT2D eigenvalue weighted by Crippen LogP contribution is -2.32. The Balaban J connectivity index is 1.93. The van der Waals surface area contributed by atoms with Crippen LogP contribution >= 0.6 is 0 Å². The molecule has 1 heterocycles. The lowest BCUT2D eigenvalue weighted by molar-refractivity contribution is 0.0985. The Morgan fingerprint density at radius 3 is 2.77 bits per heavy atom. The van der Waals surface area contributed by atoms with Crippen LogP contribution in [0.4, 0.5) is 5.69 Å². The standard InChI is InChI=1S/C17H17N3O2/c21-10-4-9-20(14-5-2-1-3-6-14)17(22)13-7-8-15-16(11-13)19-12-18-15/h1-3,5-8,11-12,21H,4,9-10H2,(H,18,19). The Bertz CT molecular complexity index is 768. The summed E-state index contributed by atoms with van der Waals surface area (Å²) in [6, 6.07) is 14.9. The summed E-state index contributed by atoms with van der Waals surface area (Å²) >= 11 is 0. The number of aliphatic hydroxyl groups is 1. The maximum Gasteiger partial charge on any atom is 0.258 e. The van der Waals surface area contributed by atoms with Crippen LogP contribution in [0.5, 0.6) is 0 Å². The number of hydrogen-bond donors (Lipinski definition) is 2. The second kappa shape index (κ2) is 6.41. The lowest BCUT2D eigenvalue weighted by atomic mass is 10.1. The molecule has 0 saturated carbocycles. The van der Waals surface area contributed by atoms with E-state index in [9.17, 15) is 4.79 Å². The average Bonchev–Trinajstić information content (AvgIpc) is 3.03. The highest BCUT2D eigenvalue weighted by molar-refractivity contribution is 6.07. The van der Waals surface area contributed by atoms with E-state index in [0.717, 1.165) is 16.7 Å². The molecule has 0 spiro atoms. The molecule has 3 aromatic rings. The third kappa shape index (κ3) is 2.84. The molecule has 0 unspecified atom stereocenters. The first-order chi connectivity index (χ1) is 10.8. The maximum atomic E-state index is 12.8. The second-order valence-electron chi connectivity index (χ2n) is 5.00. The van der Waals surface area contributed by atoms with Crippen LogP contribution in [0.25, 0.3) is 11.0 Å². The molecule has 1 amide bonds. The van der Waals surface area contributed by atoms with Crippen molar-refractivity contribution in [2.45, 2.75) is 6.42 Å². The first-order valence-electron chi connectivity index (χ1n) is 7.20. The van der Waals surface area contributed by atoms with Crippen LogP contribution in [0.15, 0.2) is 54.9 Å². The molecule has 0 radical (unpaired) electrons. The highest BCUT2D eigenvalue weighted by Gasteiger charge is 2.17. The van der Waals surface area contributed by atoms with Crippen molar-refractivity contribution < 1.29 is 9.90 Å². The number of carbonyl (C=O) groups excluding carboxylic acids is 1. The average molecular weight is 295 g/mol. The van der Waals surface area contributed by atoms with Gasteiger partial charge in [-0.1, -0.05) is 18.2 Å². The van der Waals surface area contributed by atoms with E-state index in [1.807, 2.05) is 36.4 Å². The van der Waals surface area contributed by atoms with E-state index in [0.29, 0.717) is 18.5 Å². The van der Waals surface area contributed by atoms with Gasteiger partial charge in [-0.2, -0.15) is 0 Å². The van der Waals surface area contributed by atoms with Gasteiger partial charge in [0.2, 0.25) is 0 Å². The molecule has 0 saturated heterocycles. The van der Waals surface area contributed by atoms with Crippen LogP contribution in [0.1, 0.15) is 16.8 Å². The quantitative estimate of drug-likeness (QED) is 0.760. The van der Waals surface area contributed by atoms with Gasteiger partial charge in [-0.15, -0.1) is 0 Å². The van der Waals surface area contributed by atoms with Crippen molar-refractivity contribution in [1.82, 2.24) is 9.97 Å². The van der Waals surface area contributed by atoms with E-state index < -0.39 is 0 Å². The van der Waals surface area contributed by atoms with Crippen LogP contribution in [0, 0.1) is 0 Å². The Morgan fingerprint density at radius 2 is 2.00 bits per heavy atom. The highest BCUT2D eigenvalue weighted by atomic mass is 16.3. The predicted octanol–water partition coefficient (Wildman–Crippen LogP) is 2.59. The van der Waals surface area contributed by atoms with E-state index in [-0.39, 0.29) is 12.5 Å². The molecule has 0 bridgehead atoms. The molecular weight excluding hydrogens is 278 g/mol. The fraction of sp³-hybridized carbons (Fsp3) is 0.176. The van der Waals surface area contributed by atoms with Gasteiger partial charge in [0.15, 0.2) is 0 Å². The first kappa shape index (κ1) is 14.3. The topological polar surface area (TPSA) is 69.2 Å². The molecule has 0 aliphatic rings. The van der Waals surface area contributed by atoms with Gasteiger partial charge in [-0.25, -0.2) is 4.98 Å². The van der Waals surface area contributed by atoms with Crippen molar-refractivity contribution in [3.63, 3.8) is 0 Å². The molecule has 0 aliphatic carbocycles. The Hall–Kier alpha value is -2.66.